The Morgan fingerprint density at radius 2 is 2.00 bits per heavy atom. The molecule has 2 aliphatic rings. The average molecular weight is 290 g/mol. The third-order valence-electron chi connectivity index (χ3n) is 4.91. The normalized spacial score (nSPS) is 20.8. The first-order valence-electron chi connectivity index (χ1n) is 8.35. The summed E-state index contributed by atoms with van der Waals surface area (Å²) in [7, 11) is 0. The number of carbonyl (C=O) groups excluding carboxylic acids is 1. The number of carbonyl (C=O) groups is 1. The number of amides is 1. The number of hydrogen-bond acceptors (Lipinski definition) is 3. The van der Waals surface area contributed by atoms with E-state index in [-0.39, 0.29) is 0 Å². The van der Waals surface area contributed by atoms with Crippen LogP contribution in [0.3, 0.4) is 0 Å². The summed E-state index contributed by atoms with van der Waals surface area (Å²) in [4.78, 5) is 14.9. The van der Waals surface area contributed by atoms with E-state index in [1.54, 1.807) is 6.26 Å². The zero-order valence-corrected chi connectivity index (χ0v) is 12.7. The van der Waals surface area contributed by atoms with Gasteiger partial charge in [-0.25, -0.2) is 0 Å². The molecule has 0 aromatic carbocycles. The van der Waals surface area contributed by atoms with Crippen LogP contribution in [-0.2, 0) is 11.3 Å². The van der Waals surface area contributed by atoms with Gasteiger partial charge in [-0.1, -0.05) is 12.8 Å². The number of nitrogens with one attached hydrogen (secondary N) is 1. The minimum absolute atomic E-state index is 0.324. The van der Waals surface area contributed by atoms with E-state index in [0.717, 1.165) is 44.5 Å². The summed E-state index contributed by atoms with van der Waals surface area (Å²) in [6.07, 6.45) is 9.46. The first-order chi connectivity index (χ1) is 10.3. The number of nitrogens with zero attached hydrogens (tertiary/aromatic N) is 1. The van der Waals surface area contributed by atoms with E-state index >= 15 is 0 Å². The van der Waals surface area contributed by atoms with Gasteiger partial charge in [0.15, 0.2) is 0 Å². The zero-order chi connectivity index (χ0) is 14.5. The summed E-state index contributed by atoms with van der Waals surface area (Å²) in [5.41, 5.74) is 0. The molecule has 0 atom stereocenters. The third kappa shape index (κ3) is 3.88. The van der Waals surface area contributed by atoms with Crippen LogP contribution < -0.4 is 5.32 Å². The second-order valence-electron chi connectivity index (χ2n) is 6.44. The molecule has 0 radical (unpaired) electrons. The van der Waals surface area contributed by atoms with Crippen molar-refractivity contribution in [2.45, 2.75) is 57.5 Å². The van der Waals surface area contributed by atoms with E-state index in [1.165, 1.54) is 12.8 Å². The molecule has 116 valence electrons. The topological polar surface area (TPSA) is 45.5 Å². The van der Waals surface area contributed by atoms with Crippen molar-refractivity contribution in [3.8, 4) is 0 Å². The number of hydrogen-bond donors (Lipinski definition) is 1. The van der Waals surface area contributed by atoms with Crippen molar-refractivity contribution in [2.24, 2.45) is 5.92 Å². The predicted octanol–water partition coefficient (Wildman–Crippen LogP) is 2.94. The fourth-order valence-corrected chi connectivity index (χ4v) is 3.66. The van der Waals surface area contributed by atoms with Crippen molar-refractivity contribution >= 4 is 5.91 Å². The largest absolute Gasteiger partial charge is 0.467 e. The second-order valence-corrected chi connectivity index (χ2v) is 6.44. The SMILES string of the molecule is O=C(CC1CCNCC1)N(Cc1ccco1)C1CCCC1. The molecule has 1 aromatic heterocycles. The number of furan rings is 1. The number of rotatable bonds is 5. The monoisotopic (exact) mass is 290 g/mol. The van der Waals surface area contributed by atoms with Gasteiger partial charge < -0.3 is 14.6 Å². The molecule has 1 N–H and O–H groups in total. The highest BCUT2D eigenvalue weighted by Gasteiger charge is 2.29. The molecule has 2 heterocycles. The number of piperidine rings is 1. The molecule has 1 aliphatic carbocycles. The van der Waals surface area contributed by atoms with E-state index in [2.05, 4.69) is 10.2 Å². The van der Waals surface area contributed by atoms with Crippen LogP contribution in [0.5, 0.6) is 0 Å². The van der Waals surface area contributed by atoms with Gasteiger partial charge in [0, 0.05) is 12.5 Å². The Hall–Kier alpha value is -1.29. The molecule has 2 fully saturated rings. The van der Waals surface area contributed by atoms with Crippen LogP contribution in [0.2, 0.25) is 0 Å². The van der Waals surface area contributed by atoms with E-state index in [4.69, 9.17) is 4.42 Å². The van der Waals surface area contributed by atoms with Gasteiger partial charge in [0.1, 0.15) is 5.76 Å². The maximum atomic E-state index is 12.8. The molecule has 1 aromatic rings. The van der Waals surface area contributed by atoms with Crippen molar-refractivity contribution in [3.63, 3.8) is 0 Å². The molecule has 4 nitrogen and oxygen atoms in total. The van der Waals surface area contributed by atoms with Gasteiger partial charge in [0.25, 0.3) is 0 Å². The summed E-state index contributed by atoms with van der Waals surface area (Å²) < 4.78 is 5.46. The Labute approximate surface area is 126 Å². The van der Waals surface area contributed by atoms with Gasteiger partial charge >= 0.3 is 0 Å². The first kappa shape index (κ1) is 14.6. The van der Waals surface area contributed by atoms with Crippen LogP contribution in [-0.4, -0.2) is 29.9 Å². The Kier molecular flexibility index (Phi) is 4.96. The van der Waals surface area contributed by atoms with Crippen LogP contribution >= 0.6 is 0 Å². The van der Waals surface area contributed by atoms with Gasteiger partial charge in [-0.15, -0.1) is 0 Å². The Balaban J connectivity index is 1.63. The fourth-order valence-electron chi connectivity index (χ4n) is 3.66. The Bertz CT molecular complexity index is 432. The molecule has 1 saturated carbocycles. The van der Waals surface area contributed by atoms with Crippen LogP contribution in [0.1, 0.15) is 50.7 Å². The molecule has 3 rings (SSSR count). The quantitative estimate of drug-likeness (QED) is 0.907. The van der Waals surface area contributed by atoms with Crippen molar-refractivity contribution in [2.75, 3.05) is 13.1 Å². The standard InChI is InChI=1S/C17H26N2O2/c20-17(12-14-7-9-18-10-8-14)19(15-4-1-2-5-15)13-16-6-3-11-21-16/h3,6,11,14-15,18H,1-2,4-5,7-10,12-13H2. The average Bonchev–Trinajstić information content (AvgIpc) is 3.19. The summed E-state index contributed by atoms with van der Waals surface area (Å²) in [6.45, 7) is 2.75. The maximum Gasteiger partial charge on any atom is 0.223 e. The highest BCUT2D eigenvalue weighted by molar-refractivity contribution is 5.76. The summed E-state index contributed by atoms with van der Waals surface area (Å²) in [5, 5.41) is 3.37. The second kappa shape index (κ2) is 7.12. The molecule has 4 heteroatoms. The van der Waals surface area contributed by atoms with Crippen molar-refractivity contribution in [1.82, 2.24) is 10.2 Å². The maximum absolute atomic E-state index is 12.8. The Morgan fingerprint density at radius 3 is 2.67 bits per heavy atom. The molecule has 0 spiro atoms. The molecule has 21 heavy (non-hydrogen) atoms. The summed E-state index contributed by atoms with van der Waals surface area (Å²) >= 11 is 0. The van der Waals surface area contributed by atoms with E-state index < -0.39 is 0 Å². The lowest BCUT2D eigenvalue weighted by Gasteiger charge is -2.31. The van der Waals surface area contributed by atoms with Crippen molar-refractivity contribution in [3.05, 3.63) is 24.2 Å². The lowest BCUT2D eigenvalue weighted by Crippen LogP contribution is -2.40. The smallest absolute Gasteiger partial charge is 0.223 e. The molecular formula is C17H26N2O2. The highest BCUT2D eigenvalue weighted by atomic mass is 16.3. The molecule has 0 unspecified atom stereocenters. The van der Waals surface area contributed by atoms with Gasteiger partial charge in [0.2, 0.25) is 5.91 Å². The minimum Gasteiger partial charge on any atom is -0.467 e. The van der Waals surface area contributed by atoms with E-state index in [0.29, 0.717) is 30.8 Å². The van der Waals surface area contributed by atoms with Crippen LogP contribution in [0.15, 0.2) is 22.8 Å². The molecule has 1 aliphatic heterocycles. The summed E-state index contributed by atoms with van der Waals surface area (Å²) in [5.74, 6) is 1.78. The minimum atomic E-state index is 0.324. The van der Waals surface area contributed by atoms with Gasteiger partial charge in [-0.2, -0.15) is 0 Å². The van der Waals surface area contributed by atoms with Crippen LogP contribution in [0, 0.1) is 5.92 Å². The van der Waals surface area contributed by atoms with Crippen molar-refractivity contribution < 1.29 is 9.21 Å². The lowest BCUT2D eigenvalue weighted by atomic mass is 9.93. The molecule has 1 amide bonds. The Morgan fingerprint density at radius 1 is 1.24 bits per heavy atom. The van der Waals surface area contributed by atoms with Crippen molar-refractivity contribution in [1.29, 1.82) is 0 Å². The molecule has 1 saturated heterocycles. The van der Waals surface area contributed by atoms with Gasteiger partial charge in [0.05, 0.1) is 12.8 Å². The van der Waals surface area contributed by atoms with Crippen LogP contribution in [0.4, 0.5) is 0 Å². The third-order valence-corrected chi connectivity index (χ3v) is 4.91. The van der Waals surface area contributed by atoms with Gasteiger partial charge in [-0.05, 0) is 56.8 Å². The molecular weight excluding hydrogens is 264 g/mol. The molecule has 0 bridgehead atoms. The van der Waals surface area contributed by atoms with Gasteiger partial charge in [-0.3, -0.25) is 4.79 Å². The zero-order valence-electron chi connectivity index (χ0n) is 12.7. The first-order valence-corrected chi connectivity index (χ1v) is 8.35. The van der Waals surface area contributed by atoms with E-state index in [9.17, 15) is 4.79 Å². The highest BCUT2D eigenvalue weighted by Crippen LogP contribution is 2.27. The lowest BCUT2D eigenvalue weighted by molar-refractivity contribution is -0.135. The van der Waals surface area contributed by atoms with Crippen LogP contribution in [0.25, 0.3) is 0 Å². The predicted molar refractivity (Wildman–Crippen MR) is 81.7 cm³/mol. The fraction of sp³-hybridized carbons (Fsp3) is 0.706. The summed E-state index contributed by atoms with van der Waals surface area (Å²) in [6, 6.07) is 4.29. The van der Waals surface area contributed by atoms with E-state index in [1.807, 2.05) is 12.1 Å².